The highest BCUT2D eigenvalue weighted by Crippen LogP contribution is 2.46. The molecule has 0 atom stereocenters. The molecular formula is C37H32O4. The lowest BCUT2D eigenvalue weighted by molar-refractivity contribution is 0.0600. The number of aryl methyl sites for hydroxylation is 3. The number of esters is 2. The zero-order chi connectivity index (χ0) is 29.0. The third kappa shape index (κ3) is 5.29. The SMILES string of the molecule is COC(=O)c1cccc(C(=O)Oc2ccc(C(c3ccccc3)(c3ccccc3)c3ccc(C)c(C)c3)cc2C)c1. The number of carbonyl (C=O) groups is 2. The van der Waals surface area contributed by atoms with Gasteiger partial charge in [-0.1, -0.05) is 97.1 Å². The van der Waals surface area contributed by atoms with E-state index in [9.17, 15) is 9.59 Å². The van der Waals surface area contributed by atoms with Crippen LogP contribution in [0.2, 0.25) is 0 Å². The van der Waals surface area contributed by atoms with Gasteiger partial charge in [0, 0.05) is 0 Å². The van der Waals surface area contributed by atoms with Crippen LogP contribution in [0.25, 0.3) is 0 Å². The molecule has 0 unspecified atom stereocenters. The third-order valence-corrected chi connectivity index (χ3v) is 7.68. The Bertz CT molecular complexity index is 1660. The van der Waals surface area contributed by atoms with Crippen molar-refractivity contribution in [1.82, 2.24) is 0 Å². The van der Waals surface area contributed by atoms with E-state index in [1.165, 1.54) is 24.3 Å². The Kier molecular flexibility index (Phi) is 7.84. The predicted octanol–water partition coefficient (Wildman–Crippen LogP) is 8.00. The Labute approximate surface area is 241 Å². The van der Waals surface area contributed by atoms with Gasteiger partial charge < -0.3 is 9.47 Å². The molecule has 0 heterocycles. The Hall–Kier alpha value is -4.96. The predicted molar refractivity (Wildman–Crippen MR) is 162 cm³/mol. The summed E-state index contributed by atoms with van der Waals surface area (Å²) in [6.45, 7) is 6.21. The molecule has 0 N–H and O–H groups in total. The number of hydrogen-bond donors (Lipinski definition) is 0. The summed E-state index contributed by atoms with van der Waals surface area (Å²) in [4.78, 5) is 25.0. The van der Waals surface area contributed by atoms with Crippen LogP contribution in [0.3, 0.4) is 0 Å². The van der Waals surface area contributed by atoms with Gasteiger partial charge in [0.25, 0.3) is 0 Å². The first-order chi connectivity index (χ1) is 19.8. The summed E-state index contributed by atoms with van der Waals surface area (Å²) in [6.07, 6.45) is 0. The smallest absolute Gasteiger partial charge is 0.343 e. The van der Waals surface area contributed by atoms with Crippen molar-refractivity contribution in [1.29, 1.82) is 0 Å². The topological polar surface area (TPSA) is 52.6 Å². The maximum atomic E-state index is 13.1. The van der Waals surface area contributed by atoms with Crippen molar-refractivity contribution in [2.24, 2.45) is 0 Å². The highest BCUT2D eigenvalue weighted by atomic mass is 16.5. The molecule has 0 amide bonds. The van der Waals surface area contributed by atoms with Gasteiger partial charge in [-0.05, 0) is 84.0 Å². The minimum absolute atomic E-state index is 0.273. The molecule has 0 aliphatic heterocycles. The average Bonchev–Trinajstić information content (AvgIpc) is 3.01. The molecule has 5 aromatic carbocycles. The van der Waals surface area contributed by atoms with Crippen LogP contribution >= 0.6 is 0 Å². The molecule has 0 fully saturated rings. The van der Waals surface area contributed by atoms with E-state index in [0.717, 1.165) is 27.8 Å². The standard InChI is InChI=1S/C37H32O4/c1-25-18-19-32(22-26(25)2)37(30-14-7-5-8-15-30,31-16-9-6-10-17-31)33-20-21-34(27(3)23-33)41-36(39)29-13-11-12-28(24-29)35(38)40-4/h5-24H,1-4H3. The largest absolute Gasteiger partial charge is 0.465 e. The first kappa shape index (κ1) is 27.6. The third-order valence-electron chi connectivity index (χ3n) is 7.68. The van der Waals surface area contributed by atoms with E-state index < -0.39 is 17.4 Å². The van der Waals surface area contributed by atoms with Crippen LogP contribution in [0.4, 0.5) is 0 Å². The normalized spacial score (nSPS) is 11.1. The fourth-order valence-electron chi connectivity index (χ4n) is 5.40. The molecule has 0 radical (unpaired) electrons. The van der Waals surface area contributed by atoms with E-state index in [2.05, 4.69) is 86.6 Å². The molecule has 0 spiro atoms. The van der Waals surface area contributed by atoms with Crippen molar-refractivity contribution in [3.63, 3.8) is 0 Å². The summed E-state index contributed by atoms with van der Waals surface area (Å²) < 4.78 is 10.6. The number of carbonyl (C=O) groups excluding carboxylic acids is 2. The number of hydrogen-bond acceptors (Lipinski definition) is 4. The molecule has 0 bridgehead atoms. The summed E-state index contributed by atoms with van der Waals surface area (Å²) >= 11 is 0. The molecule has 0 aliphatic rings. The Balaban J connectivity index is 1.64. The van der Waals surface area contributed by atoms with Crippen LogP contribution in [-0.4, -0.2) is 19.0 Å². The lowest BCUT2D eigenvalue weighted by Crippen LogP contribution is -2.31. The molecule has 0 aliphatic carbocycles. The molecule has 5 aromatic rings. The van der Waals surface area contributed by atoms with Gasteiger partial charge in [-0.3, -0.25) is 0 Å². The van der Waals surface area contributed by atoms with Crippen molar-refractivity contribution in [2.75, 3.05) is 7.11 Å². The van der Waals surface area contributed by atoms with Crippen molar-refractivity contribution in [3.05, 3.63) is 171 Å². The molecule has 4 nitrogen and oxygen atoms in total. The second kappa shape index (κ2) is 11.6. The van der Waals surface area contributed by atoms with Crippen LogP contribution in [0.5, 0.6) is 5.75 Å². The first-order valence-corrected chi connectivity index (χ1v) is 13.5. The van der Waals surface area contributed by atoms with E-state index in [1.807, 2.05) is 31.2 Å². The molecule has 41 heavy (non-hydrogen) atoms. The van der Waals surface area contributed by atoms with Crippen LogP contribution in [0.1, 0.15) is 59.7 Å². The van der Waals surface area contributed by atoms with Gasteiger partial charge in [0.05, 0.1) is 23.7 Å². The zero-order valence-corrected chi connectivity index (χ0v) is 23.7. The van der Waals surface area contributed by atoms with E-state index in [4.69, 9.17) is 9.47 Å². The van der Waals surface area contributed by atoms with Gasteiger partial charge in [0.2, 0.25) is 0 Å². The lowest BCUT2D eigenvalue weighted by atomic mass is 9.64. The summed E-state index contributed by atoms with van der Waals surface area (Å²) in [5, 5.41) is 0. The molecule has 204 valence electrons. The monoisotopic (exact) mass is 540 g/mol. The highest BCUT2D eigenvalue weighted by Gasteiger charge is 2.38. The summed E-state index contributed by atoms with van der Waals surface area (Å²) in [5.74, 6) is -0.597. The zero-order valence-electron chi connectivity index (χ0n) is 23.7. The van der Waals surface area contributed by atoms with Crippen molar-refractivity contribution in [3.8, 4) is 5.75 Å². The Morgan fingerprint density at radius 3 is 1.59 bits per heavy atom. The van der Waals surface area contributed by atoms with Gasteiger partial charge in [0.1, 0.15) is 5.75 Å². The van der Waals surface area contributed by atoms with Gasteiger partial charge in [-0.2, -0.15) is 0 Å². The molecular weight excluding hydrogens is 508 g/mol. The van der Waals surface area contributed by atoms with Gasteiger partial charge in [-0.15, -0.1) is 0 Å². The van der Waals surface area contributed by atoms with Crippen molar-refractivity contribution in [2.45, 2.75) is 26.2 Å². The van der Waals surface area contributed by atoms with Gasteiger partial charge in [0.15, 0.2) is 0 Å². The van der Waals surface area contributed by atoms with Crippen LogP contribution in [0, 0.1) is 20.8 Å². The fraction of sp³-hybridized carbons (Fsp3) is 0.135. The van der Waals surface area contributed by atoms with Gasteiger partial charge in [-0.25, -0.2) is 9.59 Å². The molecule has 5 rings (SSSR count). The Morgan fingerprint density at radius 1 is 0.512 bits per heavy atom. The van der Waals surface area contributed by atoms with Crippen molar-refractivity contribution >= 4 is 11.9 Å². The van der Waals surface area contributed by atoms with E-state index >= 15 is 0 Å². The second-order valence-electron chi connectivity index (χ2n) is 10.2. The van der Waals surface area contributed by atoms with Crippen molar-refractivity contribution < 1.29 is 19.1 Å². The quantitative estimate of drug-likeness (QED) is 0.119. The highest BCUT2D eigenvalue weighted by molar-refractivity contribution is 5.96. The minimum atomic E-state index is -0.608. The van der Waals surface area contributed by atoms with Gasteiger partial charge >= 0.3 is 11.9 Å². The summed E-state index contributed by atoms with van der Waals surface area (Å²) in [6, 6.07) is 40.0. The Morgan fingerprint density at radius 2 is 1.05 bits per heavy atom. The lowest BCUT2D eigenvalue weighted by Gasteiger charge is -2.37. The molecule has 0 saturated heterocycles. The van der Waals surface area contributed by atoms with E-state index in [-0.39, 0.29) is 11.1 Å². The molecule has 4 heteroatoms. The average molecular weight is 541 g/mol. The second-order valence-corrected chi connectivity index (χ2v) is 10.2. The maximum absolute atomic E-state index is 13.1. The molecule has 0 saturated carbocycles. The van der Waals surface area contributed by atoms with E-state index in [0.29, 0.717) is 5.75 Å². The summed E-state index contributed by atoms with van der Waals surface area (Å²) in [5.41, 5.74) is 7.71. The number of ether oxygens (including phenoxy) is 2. The minimum Gasteiger partial charge on any atom is -0.465 e. The fourth-order valence-corrected chi connectivity index (χ4v) is 5.40. The maximum Gasteiger partial charge on any atom is 0.343 e. The van der Waals surface area contributed by atoms with Crippen LogP contribution < -0.4 is 4.74 Å². The van der Waals surface area contributed by atoms with E-state index in [1.54, 1.807) is 18.2 Å². The molecule has 0 aromatic heterocycles. The number of benzene rings is 5. The van der Waals surface area contributed by atoms with Crippen LogP contribution in [-0.2, 0) is 10.2 Å². The first-order valence-electron chi connectivity index (χ1n) is 13.5. The summed E-state index contributed by atoms with van der Waals surface area (Å²) in [7, 11) is 1.31. The number of methoxy groups -OCH3 is 1. The number of rotatable bonds is 7. The van der Waals surface area contributed by atoms with Crippen LogP contribution in [0.15, 0.2) is 121 Å².